The van der Waals surface area contributed by atoms with Gasteiger partial charge in [-0.1, -0.05) is 22.0 Å². The molecule has 3 nitrogen and oxygen atoms in total. The largest absolute Gasteiger partial charge is 0.490 e. The predicted molar refractivity (Wildman–Crippen MR) is 86.4 cm³/mol. The van der Waals surface area contributed by atoms with E-state index in [4.69, 9.17) is 9.47 Å². The van der Waals surface area contributed by atoms with E-state index in [-0.39, 0.29) is 5.97 Å². The van der Waals surface area contributed by atoms with Gasteiger partial charge in [0.2, 0.25) is 0 Å². The van der Waals surface area contributed by atoms with Crippen molar-refractivity contribution in [1.82, 2.24) is 0 Å². The highest BCUT2D eigenvalue weighted by molar-refractivity contribution is 9.10. The van der Waals surface area contributed by atoms with Gasteiger partial charge in [-0.05, 0) is 63.1 Å². The zero-order chi connectivity index (χ0) is 15.1. The number of carbonyl (C=O) groups excluding carboxylic acids is 1. The lowest BCUT2D eigenvalue weighted by atomic mass is 9.84. The van der Waals surface area contributed by atoms with Crippen molar-refractivity contribution in [1.29, 1.82) is 0 Å². The van der Waals surface area contributed by atoms with Crippen molar-refractivity contribution in [2.75, 3.05) is 6.61 Å². The molecule has 0 saturated heterocycles. The third-order valence-corrected chi connectivity index (χ3v) is 4.45. The smallest absolute Gasteiger partial charge is 0.305 e. The van der Waals surface area contributed by atoms with Gasteiger partial charge in [0.05, 0.1) is 12.7 Å². The van der Waals surface area contributed by atoms with Crippen molar-refractivity contribution < 1.29 is 14.3 Å². The fourth-order valence-corrected chi connectivity index (χ4v) is 3.20. The van der Waals surface area contributed by atoms with Crippen molar-refractivity contribution in [3.05, 3.63) is 28.7 Å². The summed E-state index contributed by atoms with van der Waals surface area (Å²) in [5, 5.41) is 0. The van der Waals surface area contributed by atoms with E-state index in [2.05, 4.69) is 15.9 Å². The number of rotatable bonds is 6. The molecule has 0 aliphatic heterocycles. The van der Waals surface area contributed by atoms with Crippen LogP contribution in [0.3, 0.4) is 0 Å². The maximum absolute atomic E-state index is 11.4. The lowest BCUT2D eigenvalue weighted by Gasteiger charge is -2.28. The highest BCUT2D eigenvalue weighted by atomic mass is 79.9. The van der Waals surface area contributed by atoms with E-state index in [1.165, 1.54) is 0 Å². The molecule has 0 unspecified atom stereocenters. The van der Waals surface area contributed by atoms with Gasteiger partial charge in [-0.25, -0.2) is 0 Å². The van der Waals surface area contributed by atoms with E-state index in [1.807, 2.05) is 31.2 Å². The second kappa shape index (κ2) is 8.42. The number of carbonyl (C=O) groups is 1. The number of esters is 1. The Bertz CT molecular complexity index is 453. The summed E-state index contributed by atoms with van der Waals surface area (Å²) in [5.41, 5.74) is 0. The first-order chi connectivity index (χ1) is 10.2. The molecule has 0 radical (unpaired) electrons. The van der Waals surface area contributed by atoms with Gasteiger partial charge in [-0.2, -0.15) is 0 Å². The molecule has 0 bridgehead atoms. The number of ether oxygens (including phenoxy) is 2. The Kier molecular flexibility index (Phi) is 6.55. The zero-order valence-electron chi connectivity index (χ0n) is 12.5. The minimum Gasteiger partial charge on any atom is -0.490 e. The van der Waals surface area contributed by atoms with Crippen LogP contribution in [0.15, 0.2) is 28.7 Å². The molecule has 1 aromatic carbocycles. The summed E-state index contributed by atoms with van der Waals surface area (Å²) in [6, 6.07) is 7.99. The maximum Gasteiger partial charge on any atom is 0.305 e. The molecule has 1 aromatic rings. The molecule has 0 aromatic heterocycles. The van der Waals surface area contributed by atoms with E-state index in [0.717, 1.165) is 42.3 Å². The summed E-state index contributed by atoms with van der Waals surface area (Å²) < 4.78 is 12.0. The number of benzene rings is 1. The van der Waals surface area contributed by atoms with Crippen LogP contribution in [0, 0.1) is 5.92 Å². The topological polar surface area (TPSA) is 35.5 Å². The molecule has 4 heteroatoms. The van der Waals surface area contributed by atoms with Crippen molar-refractivity contribution >= 4 is 21.9 Å². The van der Waals surface area contributed by atoms with E-state index >= 15 is 0 Å². The molecule has 1 aliphatic rings. The summed E-state index contributed by atoms with van der Waals surface area (Å²) in [6.45, 7) is 2.33. The van der Waals surface area contributed by atoms with Crippen LogP contribution in [-0.4, -0.2) is 18.7 Å². The summed E-state index contributed by atoms with van der Waals surface area (Å²) in [6.07, 6.45) is 6.21. The lowest BCUT2D eigenvalue weighted by Crippen LogP contribution is -2.24. The van der Waals surface area contributed by atoms with Gasteiger partial charge in [-0.15, -0.1) is 0 Å². The first kappa shape index (κ1) is 16.3. The van der Waals surface area contributed by atoms with Crippen LogP contribution < -0.4 is 4.74 Å². The quantitative estimate of drug-likeness (QED) is 0.692. The van der Waals surface area contributed by atoms with Crippen molar-refractivity contribution in [3.63, 3.8) is 0 Å². The summed E-state index contributed by atoms with van der Waals surface area (Å²) in [5.74, 6) is 1.50. The Morgan fingerprint density at radius 3 is 2.71 bits per heavy atom. The average Bonchev–Trinajstić information content (AvgIpc) is 2.47. The normalized spacial score (nSPS) is 21.8. The molecule has 1 fully saturated rings. The number of hydrogen-bond acceptors (Lipinski definition) is 3. The third-order valence-electron chi connectivity index (χ3n) is 3.95. The van der Waals surface area contributed by atoms with Gasteiger partial charge in [0.25, 0.3) is 0 Å². The van der Waals surface area contributed by atoms with Gasteiger partial charge in [0.15, 0.2) is 0 Å². The molecule has 1 saturated carbocycles. The zero-order valence-corrected chi connectivity index (χ0v) is 14.1. The Hall–Kier alpha value is -1.03. The maximum atomic E-state index is 11.4. The standard InChI is InChI=1S/C17H23BrO3/c1-2-20-17(19)11-8-13-6-9-15(10-7-13)21-16-5-3-4-14(18)12-16/h3-5,12-13,15H,2,6-11H2,1H3. The molecular weight excluding hydrogens is 332 g/mol. The fourth-order valence-electron chi connectivity index (χ4n) is 2.83. The van der Waals surface area contributed by atoms with Crippen molar-refractivity contribution in [2.24, 2.45) is 5.92 Å². The van der Waals surface area contributed by atoms with E-state index in [0.29, 0.717) is 25.0 Å². The van der Waals surface area contributed by atoms with Crippen LogP contribution in [0.1, 0.15) is 45.4 Å². The Morgan fingerprint density at radius 1 is 1.29 bits per heavy atom. The predicted octanol–water partition coefficient (Wildman–Crippen LogP) is 4.73. The molecule has 0 amide bonds. The van der Waals surface area contributed by atoms with Crippen LogP contribution in [0.2, 0.25) is 0 Å². The monoisotopic (exact) mass is 354 g/mol. The first-order valence-corrected chi connectivity index (χ1v) is 8.54. The highest BCUT2D eigenvalue weighted by Crippen LogP contribution is 2.31. The van der Waals surface area contributed by atoms with Crippen LogP contribution >= 0.6 is 15.9 Å². The summed E-state index contributed by atoms with van der Waals surface area (Å²) >= 11 is 3.46. The van der Waals surface area contributed by atoms with Crippen molar-refractivity contribution in [3.8, 4) is 5.75 Å². The first-order valence-electron chi connectivity index (χ1n) is 7.75. The molecule has 0 heterocycles. The fraction of sp³-hybridized carbons (Fsp3) is 0.588. The van der Waals surface area contributed by atoms with Gasteiger partial charge in [-0.3, -0.25) is 4.79 Å². The molecule has 1 aliphatic carbocycles. The second-order valence-electron chi connectivity index (χ2n) is 5.56. The third kappa shape index (κ3) is 5.70. The average molecular weight is 355 g/mol. The molecule has 2 rings (SSSR count). The van der Waals surface area contributed by atoms with Gasteiger partial charge in [0.1, 0.15) is 5.75 Å². The molecule has 21 heavy (non-hydrogen) atoms. The minimum atomic E-state index is -0.0648. The van der Waals surface area contributed by atoms with E-state index < -0.39 is 0 Å². The van der Waals surface area contributed by atoms with Crippen LogP contribution in [0.4, 0.5) is 0 Å². The van der Waals surface area contributed by atoms with E-state index in [9.17, 15) is 4.79 Å². The lowest BCUT2D eigenvalue weighted by molar-refractivity contribution is -0.143. The van der Waals surface area contributed by atoms with Crippen LogP contribution in [-0.2, 0) is 9.53 Å². The number of halogens is 1. The van der Waals surface area contributed by atoms with Gasteiger partial charge < -0.3 is 9.47 Å². The summed E-state index contributed by atoms with van der Waals surface area (Å²) in [4.78, 5) is 11.4. The molecule has 116 valence electrons. The molecule has 0 N–H and O–H groups in total. The van der Waals surface area contributed by atoms with E-state index in [1.54, 1.807) is 0 Å². The van der Waals surface area contributed by atoms with Crippen LogP contribution in [0.25, 0.3) is 0 Å². The minimum absolute atomic E-state index is 0.0648. The van der Waals surface area contributed by atoms with Gasteiger partial charge in [0, 0.05) is 10.9 Å². The number of hydrogen-bond donors (Lipinski definition) is 0. The Labute approximate surface area is 135 Å². The van der Waals surface area contributed by atoms with Crippen LogP contribution in [0.5, 0.6) is 5.75 Å². The molecule has 0 spiro atoms. The molecule has 0 atom stereocenters. The SMILES string of the molecule is CCOC(=O)CCC1CCC(Oc2cccc(Br)c2)CC1. The van der Waals surface area contributed by atoms with Gasteiger partial charge >= 0.3 is 5.97 Å². The second-order valence-corrected chi connectivity index (χ2v) is 6.48. The summed E-state index contributed by atoms with van der Waals surface area (Å²) in [7, 11) is 0. The molecular formula is C17H23BrO3. The van der Waals surface area contributed by atoms with Crippen molar-refractivity contribution in [2.45, 2.75) is 51.6 Å². The highest BCUT2D eigenvalue weighted by Gasteiger charge is 2.23. The Balaban J connectivity index is 1.69. The Morgan fingerprint density at radius 2 is 2.05 bits per heavy atom.